The van der Waals surface area contributed by atoms with Crippen LogP contribution in [0.25, 0.3) is 0 Å². The summed E-state index contributed by atoms with van der Waals surface area (Å²) in [5.41, 5.74) is 0.0809. The van der Waals surface area contributed by atoms with E-state index in [0.29, 0.717) is 0 Å². The van der Waals surface area contributed by atoms with Gasteiger partial charge in [-0.15, -0.1) is 6.58 Å². The Balaban J connectivity index is 3.23. The topological polar surface area (TPSA) is 9.23 Å². The van der Waals surface area contributed by atoms with Crippen LogP contribution >= 0.6 is 0 Å². The minimum atomic E-state index is 0.0809. The molecule has 96 valence electrons. The summed E-state index contributed by atoms with van der Waals surface area (Å²) in [7, 11) is 0. The molecule has 0 unspecified atom stereocenters. The van der Waals surface area contributed by atoms with Gasteiger partial charge in [0.05, 0.1) is 5.60 Å². The van der Waals surface area contributed by atoms with E-state index in [1.54, 1.807) is 0 Å². The van der Waals surface area contributed by atoms with E-state index in [1.165, 1.54) is 51.4 Å². The highest BCUT2D eigenvalue weighted by Crippen LogP contribution is 2.19. The lowest BCUT2D eigenvalue weighted by atomic mass is 9.99. The molecule has 1 nitrogen and oxygen atoms in total. The lowest BCUT2D eigenvalue weighted by Gasteiger charge is -2.24. The summed E-state index contributed by atoms with van der Waals surface area (Å²) in [6, 6.07) is 0. The zero-order valence-electron chi connectivity index (χ0n) is 11.6. The second-order valence-corrected chi connectivity index (χ2v) is 5.14. The van der Waals surface area contributed by atoms with Gasteiger partial charge in [0.15, 0.2) is 0 Å². The van der Waals surface area contributed by atoms with Gasteiger partial charge < -0.3 is 4.74 Å². The fourth-order valence-corrected chi connectivity index (χ4v) is 2.01. The van der Waals surface area contributed by atoms with Crippen LogP contribution in [0.1, 0.15) is 72.1 Å². The molecule has 0 atom stereocenters. The summed E-state index contributed by atoms with van der Waals surface area (Å²) < 4.78 is 5.68. The molecule has 0 N–H and O–H groups in total. The summed E-state index contributed by atoms with van der Waals surface area (Å²) in [4.78, 5) is 0. The van der Waals surface area contributed by atoms with Crippen LogP contribution in [0.5, 0.6) is 0 Å². The van der Waals surface area contributed by atoms with Crippen LogP contribution < -0.4 is 0 Å². The Morgan fingerprint density at radius 2 is 1.56 bits per heavy atom. The van der Waals surface area contributed by atoms with Crippen molar-refractivity contribution in [2.75, 3.05) is 6.61 Å². The molecule has 0 aromatic heterocycles. The van der Waals surface area contributed by atoms with Crippen molar-refractivity contribution < 1.29 is 4.74 Å². The Kier molecular flexibility index (Phi) is 9.71. The number of ether oxygens (including phenoxy) is 1. The lowest BCUT2D eigenvalue weighted by Crippen LogP contribution is -2.23. The van der Waals surface area contributed by atoms with Gasteiger partial charge in [-0.05, 0) is 40.0 Å². The predicted molar refractivity (Wildman–Crippen MR) is 72.8 cm³/mol. The first-order valence-electron chi connectivity index (χ1n) is 6.87. The molecule has 0 aliphatic rings. The maximum atomic E-state index is 5.68. The molecule has 0 rings (SSSR count). The van der Waals surface area contributed by atoms with Crippen LogP contribution in [0, 0.1) is 0 Å². The van der Waals surface area contributed by atoms with Crippen molar-refractivity contribution in [1.29, 1.82) is 0 Å². The molecule has 0 fully saturated rings. The van der Waals surface area contributed by atoms with Crippen molar-refractivity contribution in [3.63, 3.8) is 0 Å². The van der Waals surface area contributed by atoms with E-state index < -0.39 is 0 Å². The first kappa shape index (κ1) is 15.7. The smallest absolute Gasteiger partial charge is 0.0626 e. The highest BCUT2D eigenvalue weighted by atomic mass is 16.5. The summed E-state index contributed by atoms with van der Waals surface area (Å²) in [6.07, 6.45) is 12.5. The van der Waals surface area contributed by atoms with Gasteiger partial charge in [-0.3, -0.25) is 0 Å². The first-order valence-corrected chi connectivity index (χ1v) is 6.87. The molecular weight excluding hydrogens is 196 g/mol. The number of unbranched alkanes of at least 4 members (excludes halogenated alkanes) is 6. The predicted octanol–water partition coefficient (Wildman–Crippen LogP) is 5.11. The molecule has 0 amide bonds. The number of rotatable bonds is 11. The van der Waals surface area contributed by atoms with Crippen molar-refractivity contribution in [1.82, 2.24) is 0 Å². The van der Waals surface area contributed by atoms with Crippen molar-refractivity contribution >= 4 is 0 Å². The van der Waals surface area contributed by atoms with E-state index in [9.17, 15) is 0 Å². The number of hydrogen-bond acceptors (Lipinski definition) is 1. The maximum Gasteiger partial charge on any atom is 0.0626 e. The van der Waals surface area contributed by atoms with E-state index in [-0.39, 0.29) is 5.60 Å². The van der Waals surface area contributed by atoms with Crippen molar-refractivity contribution in [2.24, 2.45) is 0 Å². The third kappa shape index (κ3) is 10.2. The van der Waals surface area contributed by atoms with E-state index in [0.717, 1.165) is 6.61 Å². The van der Waals surface area contributed by atoms with E-state index in [2.05, 4.69) is 27.4 Å². The Morgan fingerprint density at radius 1 is 1.00 bits per heavy atom. The minimum absolute atomic E-state index is 0.0809. The minimum Gasteiger partial charge on any atom is -0.376 e. The van der Waals surface area contributed by atoms with Gasteiger partial charge in [0, 0.05) is 6.61 Å². The van der Waals surface area contributed by atoms with E-state index in [4.69, 9.17) is 4.74 Å². The van der Waals surface area contributed by atoms with Gasteiger partial charge in [-0.25, -0.2) is 0 Å². The monoisotopic (exact) mass is 226 g/mol. The van der Waals surface area contributed by atoms with Gasteiger partial charge in [0.1, 0.15) is 0 Å². The van der Waals surface area contributed by atoms with Crippen LogP contribution in [-0.4, -0.2) is 12.2 Å². The fraction of sp³-hybridized carbons (Fsp3) is 0.867. The molecule has 0 saturated heterocycles. The molecule has 0 saturated carbocycles. The second kappa shape index (κ2) is 9.89. The zero-order valence-corrected chi connectivity index (χ0v) is 11.6. The highest BCUT2D eigenvalue weighted by molar-refractivity contribution is 4.68. The van der Waals surface area contributed by atoms with Crippen molar-refractivity contribution in [3.8, 4) is 0 Å². The third-order valence-electron chi connectivity index (χ3n) is 2.97. The average molecular weight is 226 g/mol. The molecule has 0 aromatic carbocycles. The largest absolute Gasteiger partial charge is 0.376 e. The van der Waals surface area contributed by atoms with Crippen LogP contribution in [-0.2, 0) is 4.74 Å². The van der Waals surface area contributed by atoms with Gasteiger partial charge in [0.2, 0.25) is 0 Å². The number of allylic oxidation sites excluding steroid dienone is 1. The highest BCUT2D eigenvalue weighted by Gasteiger charge is 2.16. The second-order valence-electron chi connectivity index (χ2n) is 5.14. The summed E-state index contributed by atoms with van der Waals surface area (Å²) in [5, 5.41) is 0. The van der Waals surface area contributed by atoms with Crippen molar-refractivity contribution in [3.05, 3.63) is 12.7 Å². The Bertz CT molecular complexity index is 161. The van der Waals surface area contributed by atoms with E-state index >= 15 is 0 Å². The van der Waals surface area contributed by atoms with Crippen molar-refractivity contribution in [2.45, 2.75) is 77.7 Å². The van der Waals surface area contributed by atoms with Gasteiger partial charge in [-0.2, -0.15) is 0 Å². The molecule has 0 aliphatic carbocycles. The zero-order chi connectivity index (χ0) is 12.3. The van der Waals surface area contributed by atoms with Crippen LogP contribution in [0.2, 0.25) is 0 Å². The Hall–Kier alpha value is -0.300. The quantitative estimate of drug-likeness (QED) is 0.351. The first-order chi connectivity index (χ1) is 7.62. The molecule has 16 heavy (non-hydrogen) atoms. The SMILES string of the molecule is C=CCCCCCCCCC(C)(C)OCC. The average Bonchev–Trinajstić information content (AvgIpc) is 2.22. The third-order valence-corrected chi connectivity index (χ3v) is 2.97. The molecule has 0 aliphatic heterocycles. The summed E-state index contributed by atoms with van der Waals surface area (Å²) in [5.74, 6) is 0. The standard InChI is InChI=1S/C15H30O/c1-5-7-8-9-10-11-12-13-14-15(3,4)16-6-2/h5H,1,6-14H2,2-4H3. The van der Waals surface area contributed by atoms with E-state index in [1.807, 2.05) is 6.08 Å². The molecular formula is C15H30O. The number of hydrogen-bond donors (Lipinski definition) is 0. The van der Waals surface area contributed by atoms with Gasteiger partial charge in [-0.1, -0.05) is 38.2 Å². The Morgan fingerprint density at radius 3 is 2.12 bits per heavy atom. The van der Waals surface area contributed by atoms with Gasteiger partial charge >= 0.3 is 0 Å². The molecule has 0 heterocycles. The molecule has 0 aromatic rings. The molecule has 0 spiro atoms. The Labute approximate surface area is 102 Å². The normalized spacial score (nSPS) is 11.7. The van der Waals surface area contributed by atoms with Gasteiger partial charge in [0.25, 0.3) is 0 Å². The maximum absolute atomic E-state index is 5.68. The molecule has 0 radical (unpaired) electrons. The summed E-state index contributed by atoms with van der Waals surface area (Å²) in [6.45, 7) is 11.0. The fourth-order valence-electron chi connectivity index (χ4n) is 2.01. The van der Waals surface area contributed by atoms with Crippen LogP contribution in [0.4, 0.5) is 0 Å². The molecule has 0 bridgehead atoms. The van der Waals surface area contributed by atoms with Crippen LogP contribution in [0.15, 0.2) is 12.7 Å². The summed E-state index contributed by atoms with van der Waals surface area (Å²) >= 11 is 0. The lowest BCUT2D eigenvalue weighted by molar-refractivity contribution is -0.0177. The van der Waals surface area contributed by atoms with Crippen LogP contribution in [0.3, 0.4) is 0 Å². The molecule has 1 heteroatoms.